The minimum atomic E-state index is -4.87. The summed E-state index contributed by atoms with van der Waals surface area (Å²) in [5.41, 5.74) is 0. The van der Waals surface area contributed by atoms with Crippen molar-refractivity contribution in [1.82, 2.24) is 0 Å². The Kier molecular flexibility index (Phi) is 5.55. The van der Waals surface area contributed by atoms with Gasteiger partial charge in [-0.2, -0.15) is 13.2 Å². The van der Waals surface area contributed by atoms with Crippen LogP contribution in [0.2, 0.25) is 0 Å². The van der Waals surface area contributed by atoms with E-state index < -0.39 is 18.2 Å². The van der Waals surface area contributed by atoms with Gasteiger partial charge in [0.15, 0.2) is 0 Å². The quantitative estimate of drug-likeness (QED) is 0.696. The lowest BCUT2D eigenvalue weighted by atomic mass is 9.70. The molecule has 5 heteroatoms. The molecule has 122 valence electrons. The van der Waals surface area contributed by atoms with Crippen LogP contribution in [-0.4, -0.2) is 18.2 Å². The Labute approximate surface area is 124 Å². The number of hydrogen-bond donors (Lipinski definition) is 0. The van der Waals surface area contributed by atoms with Crippen molar-refractivity contribution in [2.75, 3.05) is 0 Å². The summed E-state index contributed by atoms with van der Waals surface area (Å²) in [6.07, 6.45) is 3.93. The molecule has 2 aliphatic rings. The van der Waals surface area contributed by atoms with Gasteiger partial charge in [0.05, 0.1) is 0 Å². The van der Waals surface area contributed by atoms with Gasteiger partial charge in [-0.05, 0) is 56.3 Å². The summed E-state index contributed by atoms with van der Waals surface area (Å²) in [4.78, 5) is 10.8. The van der Waals surface area contributed by atoms with Gasteiger partial charge in [0.25, 0.3) is 0 Å². The highest BCUT2D eigenvalue weighted by Crippen LogP contribution is 2.41. The van der Waals surface area contributed by atoms with Gasteiger partial charge in [0, 0.05) is 0 Å². The molecule has 2 rings (SSSR count). The van der Waals surface area contributed by atoms with Crippen molar-refractivity contribution in [2.24, 2.45) is 17.8 Å². The number of hydrogen-bond acceptors (Lipinski definition) is 2. The first kappa shape index (κ1) is 16.6. The number of ether oxygens (including phenoxy) is 1. The normalized spacial score (nSPS) is 34.5. The Bertz CT molecular complexity index is 338. The van der Waals surface area contributed by atoms with E-state index in [2.05, 4.69) is 11.7 Å². The van der Waals surface area contributed by atoms with Crippen LogP contribution in [-0.2, 0) is 9.53 Å². The molecule has 2 fully saturated rings. The fourth-order valence-corrected chi connectivity index (χ4v) is 3.96. The van der Waals surface area contributed by atoms with Crippen molar-refractivity contribution in [3.63, 3.8) is 0 Å². The lowest BCUT2D eigenvalue weighted by Gasteiger charge is -2.37. The Balaban J connectivity index is 1.72. The van der Waals surface area contributed by atoms with E-state index in [1.165, 1.54) is 32.1 Å². The van der Waals surface area contributed by atoms with E-state index in [-0.39, 0.29) is 0 Å². The molecular weight excluding hydrogens is 281 g/mol. The molecule has 0 aromatic rings. The molecule has 0 spiro atoms. The third-order valence-corrected chi connectivity index (χ3v) is 5.36. The molecule has 0 radical (unpaired) electrons. The highest BCUT2D eigenvalue weighted by molar-refractivity contribution is 5.75. The number of halogens is 3. The Hall–Kier alpha value is -0.740. The molecule has 2 aliphatic carbocycles. The minimum absolute atomic E-state index is 0.539. The molecule has 0 N–H and O–H groups in total. The lowest BCUT2D eigenvalue weighted by molar-refractivity contribution is -0.206. The molecular formula is C16H25F3O2. The van der Waals surface area contributed by atoms with E-state index in [1.807, 2.05) is 0 Å². The van der Waals surface area contributed by atoms with Crippen molar-refractivity contribution in [3.05, 3.63) is 0 Å². The molecule has 0 aromatic heterocycles. The summed E-state index contributed by atoms with van der Waals surface area (Å²) >= 11 is 0. The maximum atomic E-state index is 12.2. The number of carbonyl (C=O) groups excluding carboxylic acids is 1. The fourth-order valence-electron chi connectivity index (χ4n) is 3.96. The topological polar surface area (TPSA) is 26.3 Å². The average molecular weight is 306 g/mol. The fraction of sp³-hybridized carbons (Fsp3) is 0.938. The predicted molar refractivity (Wildman–Crippen MR) is 73.6 cm³/mol. The van der Waals surface area contributed by atoms with Gasteiger partial charge in [-0.3, -0.25) is 0 Å². The van der Waals surface area contributed by atoms with Gasteiger partial charge in [0.2, 0.25) is 0 Å². The van der Waals surface area contributed by atoms with Crippen LogP contribution in [0.4, 0.5) is 13.2 Å². The Morgan fingerprint density at radius 1 is 0.952 bits per heavy atom. The maximum absolute atomic E-state index is 12.2. The standard InChI is InChI=1S/C16H25F3O2/c1-2-11-3-5-12(6-4-11)13-7-9-14(10-8-13)21-15(20)16(17,18)19/h11-14H,2-10H2,1H3. The van der Waals surface area contributed by atoms with Gasteiger partial charge < -0.3 is 4.74 Å². The third-order valence-electron chi connectivity index (χ3n) is 5.36. The first-order chi connectivity index (χ1) is 9.90. The van der Waals surface area contributed by atoms with Gasteiger partial charge in [-0.25, -0.2) is 4.79 Å². The van der Waals surface area contributed by atoms with Gasteiger partial charge in [-0.1, -0.05) is 26.2 Å². The number of rotatable bonds is 3. The molecule has 2 saturated carbocycles. The summed E-state index contributed by atoms with van der Waals surface area (Å²) in [7, 11) is 0. The van der Waals surface area contributed by atoms with Crippen LogP contribution < -0.4 is 0 Å². The smallest absolute Gasteiger partial charge is 0.456 e. The summed E-state index contributed by atoms with van der Waals surface area (Å²) in [5.74, 6) is 0.176. The second kappa shape index (κ2) is 7.01. The van der Waals surface area contributed by atoms with Gasteiger partial charge in [0.1, 0.15) is 6.10 Å². The van der Waals surface area contributed by atoms with E-state index in [4.69, 9.17) is 0 Å². The molecule has 0 unspecified atom stereocenters. The van der Waals surface area contributed by atoms with E-state index in [0.29, 0.717) is 18.8 Å². The molecule has 0 heterocycles. The molecule has 21 heavy (non-hydrogen) atoms. The van der Waals surface area contributed by atoms with Crippen molar-refractivity contribution in [3.8, 4) is 0 Å². The monoisotopic (exact) mass is 306 g/mol. The highest BCUT2D eigenvalue weighted by atomic mass is 19.4. The molecule has 0 saturated heterocycles. The SMILES string of the molecule is CCC1CCC(C2CCC(OC(=O)C(F)(F)F)CC2)CC1. The van der Waals surface area contributed by atoms with Crippen molar-refractivity contribution in [2.45, 2.75) is 77.0 Å². The van der Waals surface area contributed by atoms with E-state index in [9.17, 15) is 18.0 Å². The first-order valence-electron chi connectivity index (χ1n) is 8.18. The molecule has 0 atom stereocenters. The Morgan fingerprint density at radius 2 is 1.43 bits per heavy atom. The molecule has 0 bridgehead atoms. The predicted octanol–water partition coefficient (Wildman–Crippen LogP) is 4.87. The zero-order valence-corrected chi connectivity index (χ0v) is 12.6. The van der Waals surface area contributed by atoms with Crippen LogP contribution in [0, 0.1) is 17.8 Å². The molecule has 2 nitrogen and oxygen atoms in total. The summed E-state index contributed by atoms with van der Waals surface area (Å²) < 4.78 is 41.1. The average Bonchev–Trinajstić information content (AvgIpc) is 2.47. The van der Waals surface area contributed by atoms with Gasteiger partial charge in [-0.15, -0.1) is 0 Å². The second-order valence-electron chi connectivity index (χ2n) is 6.63. The van der Waals surface area contributed by atoms with Crippen LogP contribution in [0.15, 0.2) is 0 Å². The largest absolute Gasteiger partial charge is 0.490 e. The molecule has 0 aromatic carbocycles. The minimum Gasteiger partial charge on any atom is -0.456 e. The van der Waals surface area contributed by atoms with Crippen molar-refractivity contribution in [1.29, 1.82) is 0 Å². The second-order valence-corrected chi connectivity index (χ2v) is 6.63. The lowest BCUT2D eigenvalue weighted by Crippen LogP contribution is -2.34. The maximum Gasteiger partial charge on any atom is 0.490 e. The summed E-state index contributed by atoms with van der Waals surface area (Å²) in [5, 5.41) is 0. The van der Waals surface area contributed by atoms with Crippen LogP contribution in [0.5, 0.6) is 0 Å². The molecule has 0 aliphatic heterocycles. The first-order valence-corrected chi connectivity index (χ1v) is 8.18. The van der Waals surface area contributed by atoms with Gasteiger partial charge >= 0.3 is 12.1 Å². The van der Waals surface area contributed by atoms with Crippen LogP contribution in [0.25, 0.3) is 0 Å². The van der Waals surface area contributed by atoms with E-state index >= 15 is 0 Å². The van der Waals surface area contributed by atoms with Crippen LogP contribution >= 0.6 is 0 Å². The number of carbonyl (C=O) groups is 1. The van der Waals surface area contributed by atoms with Crippen molar-refractivity contribution >= 4 is 5.97 Å². The number of alkyl halides is 3. The van der Waals surface area contributed by atoms with Crippen LogP contribution in [0.3, 0.4) is 0 Å². The van der Waals surface area contributed by atoms with Crippen LogP contribution in [0.1, 0.15) is 64.7 Å². The zero-order valence-electron chi connectivity index (χ0n) is 12.6. The number of esters is 1. The third kappa shape index (κ3) is 4.62. The summed E-state index contributed by atoms with van der Waals surface area (Å²) in [6.45, 7) is 2.24. The van der Waals surface area contributed by atoms with E-state index in [1.54, 1.807) is 0 Å². The van der Waals surface area contributed by atoms with Crippen molar-refractivity contribution < 1.29 is 22.7 Å². The van der Waals surface area contributed by atoms with E-state index in [0.717, 1.165) is 24.7 Å². The highest BCUT2D eigenvalue weighted by Gasteiger charge is 2.43. The summed E-state index contributed by atoms with van der Waals surface area (Å²) in [6, 6.07) is 0. The molecule has 0 amide bonds. The Morgan fingerprint density at radius 3 is 1.86 bits per heavy atom. The zero-order chi connectivity index (χ0) is 15.5.